The van der Waals surface area contributed by atoms with E-state index in [1.54, 1.807) is 0 Å². The molecule has 0 radical (unpaired) electrons. The zero-order chi connectivity index (χ0) is 14.7. The van der Waals surface area contributed by atoms with Gasteiger partial charge in [0.1, 0.15) is 5.69 Å². The van der Waals surface area contributed by atoms with Crippen LogP contribution in [0.2, 0.25) is 0 Å². The second kappa shape index (κ2) is 6.20. The van der Waals surface area contributed by atoms with E-state index in [0.29, 0.717) is 11.8 Å². The second-order valence-corrected chi connectivity index (χ2v) is 5.90. The topological polar surface area (TPSA) is 55.2 Å². The number of hydrogen-bond acceptors (Lipinski definition) is 3. The fourth-order valence-electron chi connectivity index (χ4n) is 2.98. The van der Waals surface area contributed by atoms with Crippen molar-refractivity contribution in [1.29, 1.82) is 0 Å². The standard InChI is InChI=1S/C15H21FN2O2/c1-10(2)11-5-3-6-12(9-11)17-15-13(16)7-4-8-14(15)18(19)20/h4,7-8,10-12,17H,3,5-6,9H2,1-2H3. The van der Waals surface area contributed by atoms with Crippen LogP contribution in [-0.4, -0.2) is 11.0 Å². The summed E-state index contributed by atoms with van der Waals surface area (Å²) in [4.78, 5) is 10.5. The predicted molar refractivity (Wildman–Crippen MR) is 77.3 cm³/mol. The third-order valence-corrected chi connectivity index (χ3v) is 4.19. The Morgan fingerprint density at radius 2 is 2.15 bits per heavy atom. The van der Waals surface area contributed by atoms with Crippen molar-refractivity contribution in [3.05, 3.63) is 34.1 Å². The molecule has 2 atom stereocenters. The van der Waals surface area contributed by atoms with E-state index < -0.39 is 10.7 Å². The molecule has 2 rings (SSSR count). The molecule has 1 aromatic rings. The summed E-state index contributed by atoms with van der Waals surface area (Å²) in [6, 6.07) is 4.09. The number of para-hydroxylation sites is 1. The van der Waals surface area contributed by atoms with E-state index >= 15 is 0 Å². The molecule has 1 aliphatic carbocycles. The number of nitro groups is 1. The highest BCUT2D eigenvalue weighted by Crippen LogP contribution is 2.34. The zero-order valence-corrected chi connectivity index (χ0v) is 11.9. The summed E-state index contributed by atoms with van der Waals surface area (Å²) < 4.78 is 13.9. The van der Waals surface area contributed by atoms with Crippen LogP contribution in [0, 0.1) is 27.8 Å². The maximum Gasteiger partial charge on any atom is 0.295 e. The molecule has 0 amide bonds. The molecule has 0 aliphatic heterocycles. The minimum Gasteiger partial charge on any atom is -0.374 e. The number of anilines is 1. The molecule has 110 valence electrons. The van der Waals surface area contributed by atoms with Crippen molar-refractivity contribution < 1.29 is 9.31 Å². The van der Waals surface area contributed by atoms with Crippen molar-refractivity contribution in [3.63, 3.8) is 0 Å². The van der Waals surface area contributed by atoms with Gasteiger partial charge in [-0.2, -0.15) is 0 Å². The van der Waals surface area contributed by atoms with E-state index in [9.17, 15) is 14.5 Å². The lowest BCUT2D eigenvalue weighted by molar-refractivity contribution is -0.384. The number of halogens is 1. The summed E-state index contributed by atoms with van der Waals surface area (Å²) in [5.41, 5.74) is -0.149. The first-order valence-electron chi connectivity index (χ1n) is 7.18. The third kappa shape index (κ3) is 3.26. The molecule has 4 nitrogen and oxygen atoms in total. The SMILES string of the molecule is CC(C)C1CCCC(Nc2c(F)cccc2[N+](=O)[O-])C1. The molecule has 1 aliphatic rings. The molecule has 1 N–H and O–H groups in total. The lowest BCUT2D eigenvalue weighted by atomic mass is 9.79. The van der Waals surface area contributed by atoms with Gasteiger partial charge in [0.2, 0.25) is 0 Å². The summed E-state index contributed by atoms with van der Waals surface area (Å²) in [6.45, 7) is 4.39. The molecule has 0 bridgehead atoms. The van der Waals surface area contributed by atoms with Crippen molar-refractivity contribution >= 4 is 11.4 Å². The molecule has 0 heterocycles. The molecule has 1 saturated carbocycles. The average molecular weight is 280 g/mol. The smallest absolute Gasteiger partial charge is 0.295 e. The summed E-state index contributed by atoms with van der Waals surface area (Å²) in [6.07, 6.45) is 4.16. The summed E-state index contributed by atoms with van der Waals surface area (Å²) in [5, 5.41) is 14.1. The molecular formula is C15H21FN2O2. The molecule has 0 spiro atoms. The Balaban J connectivity index is 2.15. The van der Waals surface area contributed by atoms with Crippen molar-refractivity contribution in [2.45, 2.75) is 45.6 Å². The number of benzene rings is 1. The van der Waals surface area contributed by atoms with Gasteiger partial charge < -0.3 is 5.32 Å². The van der Waals surface area contributed by atoms with E-state index in [4.69, 9.17) is 0 Å². The molecular weight excluding hydrogens is 259 g/mol. The number of rotatable bonds is 4. The highest BCUT2D eigenvalue weighted by atomic mass is 19.1. The summed E-state index contributed by atoms with van der Waals surface area (Å²) in [7, 11) is 0. The number of nitrogens with one attached hydrogen (secondary N) is 1. The minimum absolute atomic E-state index is 0.0342. The van der Waals surface area contributed by atoms with E-state index in [0.717, 1.165) is 19.3 Å². The van der Waals surface area contributed by atoms with E-state index in [-0.39, 0.29) is 17.4 Å². The molecule has 5 heteroatoms. The normalized spacial score (nSPS) is 22.8. The van der Waals surface area contributed by atoms with Crippen LogP contribution in [0.1, 0.15) is 39.5 Å². The number of nitro benzene ring substituents is 1. The molecule has 20 heavy (non-hydrogen) atoms. The number of nitrogens with zero attached hydrogens (tertiary/aromatic N) is 1. The van der Waals surface area contributed by atoms with Crippen LogP contribution >= 0.6 is 0 Å². The van der Waals surface area contributed by atoms with Gasteiger partial charge in [-0.15, -0.1) is 0 Å². The van der Waals surface area contributed by atoms with Crippen LogP contribution in [0.15, 0.2) is 18.2 Å². The van der Waals surface area contributed by atoms with Gasteiger partial charge in [0.15, 0.2) is 5.82 Å². The van der Waals surface area contributed by atoms with Crippen LogP contribution in [0.25, 0.3) is 0 Å². The predicted octanol–water partition coefficient (Wildman–Crippen LogP) is 4.36. The van der Waals surface area contributed by atoms with Crippen LogP contribution in [0.5, 0.6) is 0 Å². The van der Waals surface area contributed by atoms with Gasteiger partial charge in [0.05, 0.1) is 4.92 Å². The van der Waals surface area contributed by atoms with E-state index in [2.05, 4.69) is 19.2 Å². The van der Waals surface area contributed by atoms with Crippen LogP contribution in [0.4, 0.5) is 15.8 Å². The Bertz CT molecular complexity index is 491. The van der Waals surface area contributed by atoms with Gasteiger partial charge >= 0.3 is 0 Å². The Hall–Kier alpha value is -1.65. The average Bonchev–Trinajstić information content (AvgIpc) is 2.41. The van der Waals surface area contributed by atoms with Crippen LogP contribution < -0.4 is 5.32 Å². The van der Waals surface area contributed by atoms with E-state index in [1.807, 2.05) is 0 Å². The van der Waals surface area contributed by atoms with Gasteiger partial charge in [0, 0.05) is 12.1 Å². The molecule has 2 unspecified atom stereocenters. The molecule has 1 fully saturated rings. The Morgan fingerprint density at radius 1 is 1.40 bits per heavy atom. The van der Waals surface area contributed by atoms with E-state index in [1.165, 1.54) is 24.6 Å². The molecule has 1 aromatic carbocycles. The van der Waals surface area contributed by atoms with Crippen LogP contribution in [-0.2, 0) is 0 Å². The third-order valence-electron chi connectivity index (χ3n) is 4.19. The lowest BCUT2D eigenvalue weighted by Crippen LogP contribution is -2.30. The first-order chi connectivity index (χ1) is 9.49. The highest BCUT2D eigenvalue weighted by molar-refractivity contribution is 5.62. The quantitative estimate of drug-likeness (QED) is 0.658. The first kappa shape index (κ1) is 14.8. The maximum atomic E-state index is 13.9. The van der Waals surface area contributed by atoms with Gasteiger partial charge in [-0.05, 0) is 30.7 Å². The largest absolute Gasteiger partial charge is 0.374 e. The first-order valence-corrected chi connectivity index (χ1v) is 7.18. The molecule has 0 saturated heterocycles. The Morgan fingerprint density at radius 3 is 2.80 bits per heavy atom. The van der Waals surface area contributed by atoms with Gasteiger partial charge in [-0.3, -0.25) is 10.1 Å². The Kier molecular flexibility index (Phi) is 4.57. The van der Waals surface area contributed by atoms with Crippen molar-refractivity contribution in [2.75, 3.05) is 5.32 Å². The molecule has 0 aromatic heterocycles. The van der Waals surface area contributed by atoms with Crippen LogP contribution in [0.3, 0.4) is 0 Å². The van der Waals surface area contributed by atoms with Gasteiger partial charge in [-0.1, -0.05) is 32.8 Å². The highest BCUT2D eigenvalue weighted by Gasteiger charge is 2.27. The maximum absolute atomic E-state index is 13.9. The Labute approximate surface area is 118 Å². The van der Waals surface area contributed by atoms with Gasteiger partial charge in [0.25, 0.3) is 5.69 Å². The minimum atomic E-state index is -0.550. The lowest BCUT2D eigenvalue weighted by Gasteiger charge is -2.32. The second-order valence-electron chi connectivity index (χ2n) is 5.90. The summed E-state index contributed by atoms with van der Waals surface area (Å²) in [5.74, 6) is 0.646. The number of hydrogen-bond donors (Lipinski definition) is 1. The fraction of sp³-hybridized carbons (Fsp3) is 0.600. The van der Waals surface area contributed by atoms with Gasteiger partial charge in [-0.25, -0.2) is 4.39 Å². The van der Waals surface area contributed by atoms with Crippen molar-refractivity contribution in [2.24, 2.45) is 11.8 Å². The van der Waals surface area contributed by atoms with Crippen molar-refractivity contribution in [1.82, 2.24) is 0 Å². The summed E-state index contributed by atoms with van der Waals surface area (Å²) >= 11 is 0. The van der Waals surface area contributed by atoms with Crippen molar-refractivity contribution in [3.8, 4) is 0 Å². The zero-order valence-electron chi connectivity index (χ0n) is 11.9. The fourth-order valence-corrected chi connectivity index (χ4v) is 2.98. The monoisotopic (exact) mass is 280 g/mol.